The zero-order chi connectivity index (χ0) is 14.5. The zero-order valence-corrected chi connectivity index (χ0v) is 12.8. The van der Waals surface area contributed by atoms with Crippen molar-refractivity contribution < 1.29 is 9.84 Å². The Morgan fingerprint density at radius 3 is 2.81 bits per heavy atom. The van der Waals surface area contributed by atoms with Gasteiger partial charge in [0.1, 0.15) is 5.75 Å². The van der Waals surface area contributed by atoms with Crippen LogP contribution in [0.2, 0.25) is 0 Å². The molecule has 0 unspecified atom stereocenters. The Morgan fingerprint density at radius 2 is 2.00 bits per heavy atom. The van der Waals surface area contributed by atoms with Crippen LogP contribution < -0.4 is 4.74 Å². The van der Waals surface area contributed by atoms with E-state index in [0.29, 0.717) is 18.8 Å². The minimum atomic E-state index is 0.298. The van der Waals surface area contributed by atoms with Gasteiger partial charge < -0.3 is 9.84 Å². The summed E-state index contributed by atoms with van der Waals surface area (Å²) in [4.78, 5) is 2.50. The number of nitrogens with zero attached hydrogens (tertiary/aromatic N) is 1. The molecule has 0 spiro atoms. The van der Waals surface area contributed by atoms with Crippen LogP contribution >= 0.6 is 0 Å². The molecule has 3 heteroatoms. The van der Waals surface area contributed by atoms with E-state index in [1.165, 1.54) is 44.1 Å². The Morgan fingerprint density at radius 1 is 1.14 bits per heavy atom. The van der Waals surface area contributed by atoms with Crippen molar-refractivity contribution in [3.05, 3.63) is 29.8 Å². The van der Waals surface area contributed by atoms with Crippen LogP contribution in [0.15, 0.2) is 24.3 Å². The lowest BCUT2D eigenvalue weighted by Crippen LogP contribution is -2.29. The fourth-order valence-corrected chi connectivity index (χ4v) is 3.73. The highest BCUT2D eigenvalue weighted by molar-refractivity contribution is 5.29. The number of aliphatic hydroxyl groups is 1. The summed E-state index contributed by atoms with van der Waals surface area (Å²) in [5.41, 5.74) is 1.33. The number of likely N-dealkylation sites (tertiary alicyclic amines) is 1. The molecule has 1 aliphatic carbocycles. The van der Waals surface area contributed by atoms with E-state index in [0.717, 1.165) is 25.3 Å². The van der Waals surface area contributed by atoms with Gasteiger partial charge in [-0.2, -0.15) is 0 Å². The van der Waals surface area contributed by atoms with Crippen LogP contribution in [0, 0.1) is 0 Å². The zero-order valence-electron chi connectivity index (χ0n) is 12.8. The average molecular weight is 289 g/mol. The fraction of sp³-hybridized carbons (Fsp3) is 0.667. The van der Waals surface area contributed by atoms with Gasteiger partial charge in [-0.25, -0.2) is 0 Å². The van der Waals surface area contributed by atoms with Gasteiger partial charge in [-0.3, -0.25) is 4.90 Å². The summed E-state index contributed by atoms with van der Waals surface area (Å²) >= 11 is 0. The van der Waals surface area contributed by atoms with Crippen LogP contribution in [0.25, 0.3) is 0 Å². The van der Waals surface area contributed by atoms with Gasteiger partial charge in [0.25, 0.3) is 0 Å². The summed E-state index contributed by atoms with van der Waals surface area (Å²) < 4.78 is 6.10. The maximum Gasteiger partial charge on any atom is 0.120 e. The van der Waals surface area contributed by atoms with E-state index in [2.05, 4.69) is 29.2 Å². The van der Waals surface area contributed by atoms with Crippen molar-refractivity contribution in [3.63, 3.8) is 0 Å². The molecule has 0 bridgehead atoms. The molecule has 1 saturated carbocycles. The molecule has 1 N–H and O–H groups in total. The molecule has 1 aromatic carbocycles. The predicted octanol–water partition coefficient (Wildman–Crippen LogP) is 3.35. The third-order valence-electron chi connectivity index (χ3n) is 4.85. The highest BCUT2D eigenvalue weighted by Gasteiger charge is 2.24. The summed E-state index contributed by atoms with van der Waals surface area (Å²) in [5, 5.41) is 9.17. The van der Waals surface area contributed by atoms with Crippen LogP contribution in [0.1, 0.15) is 50.5 Å². The summed E-state index contributed by atoms with van der Waals surface area (Å²) in [5.74, 6) is 1.03. The van der Waals surface area contributed by atoms with Crippen LogP contribution in [0.4, 0.5) is 0 Å². The maximum atomic E-state index is 9.17. The monoisotopic (exact) mass is 289 g/mol. The van der Waals surface area contributed by atoms with E-state index in [9.17, 15) is 0 Å². The van der Waals surface area contributed by atoms with Gasteiger partial charge in [0.15, 0.2) is 0 Å². The second kappa shape index (κ2) is 7.28. The first kappa shape index (κ1) is 14.9. The number of aliphatic hydroxyl groups excluding tert-OH is 1. The number of rotatable bonds is 6. The van der Waals surface area contributed by atoms with E-state index < -0.39 is 0 Å². The molecule has 2 fully saturated rings. The van der Waals surface area contributed by atoms with E-state index in [4.69, 9.17) is 9.84 Å². The topological polar surface area (TPSA) is 32.7 Å². The summed E-state index contributed by atoms with van der Waals surface area (Å²) in [7, 11) is 0. The second-order valence-corrected chi connectivity index (χ2v) is 6.45. The molecular formula is C18H27NO2. The fourth-order valence-electron chi connectivity index (χ4n) is 3.73. The average Bonchev–Trinajstić information content (AvgIpc) is 3.13. The molecule has 21 heavy (non-hydrogen) atoms. The lowest BCUT2D eigenvalue weighted by Gasteiger charge is -2.24. The molecule has 2 aliphatic rings. The SMILES string of the molecule is OCC[C@@H]1CCCN1Cc1cccc(OC2CCCC2)c1. The first-order chi connectivity index (χ1) is 10.3. The Bertz CT molecular complexity index is 443. The molecule has 0 aromatic heterocycles. The van der Waals surface area contributed by atoms with Crippen LogP contribution in [-0.4, -0.2) is 35.3 Å². The number of benzene rings is 1. The summed E-state index contributed by atoms with van der Waals surface area (Å²) in [6.45, 7) is 2.43. The van der Waals surface area contributed by atoms with Crippen LogP contribution in [0.3, 0.4) is 0 Å². The first-order valence-corrected chi connectivity index (χ1v) is 8.45. The number of ether oxygens (including phenoxy) is 1. The third kappa shape index (κ3) is 3.98. The minimum absolute atomic E-state index is 0.298. The molecule has 1 aliphatic heterocycles. The first-order valence-electron chi connectivity index (χ1n) is 8.45. The van der Waals surface area contributed by atoms with Gasteiger partial charge in [-0.15, -0.1) is 0 Å². The quantitative estimate of drug-likeness (QED) is 0.871. The lowest BCUT2D eigenvalue weighted by molar-refractivity contribution is 0.188. The standard InChI is InChI=1S/C18H27NO2/c20-12-10-16-6-4-11-19(16)14-15-5-3-9-18(13-15)21-17-7-1-2-8-17/h3,5,9,13,16-17,20H,1-2,4,6-8,10-12,14H2/t16-/m0/s1. The maximum absolute atomic E-state index is 9.17. The molecular weight excluding hydrogens is 262 g/mol. The van der Waals surface area contributed by atoms with Crippen molar-refractivity contribution in [1.29, 1.82) is 0 Å². The Balaban J connectivity index is 1.59. The van der Waals surface area contributed by atoms with Crippen molar-refractivity contribution in [1.82, 2.24) is 4.90 Å². The van der Waals surface area contributed by atoms with E-state index in [1.807, 2.05) is 0 Å². The summed E-state index contributed by atoms with van der Waals surface area (Å²) in [6, 6.07) is 9.13. The van der Waals surface area contributed by atoms with Crippen molar-refractivity contribution >= 4 is 0 Å². The van der Waals surface area contributed by atoms with Crippen molar-refractivity contribution in [2.45, 2.75) is 63.6 Å². The van der Waals surface area contributed by atoms with Crippen LogP contribution in [0.5, 0.6) is 5.75 Å². The molecule has 116 valence electrons. The van der Waals surface area contributed by atoms with Gasteiger partial charge >= 0.3 is 0 Å². The molecule has 0 radical (unpaired) electrons. The van der Waals surface area contributed by atoms with Gasteiger partial charge in [0, 0.05) is 19.2 Å². The van der Waals surface area contributed by atoms with Gasteiger partial charge in [0.2, 0.25) is 0 Å². The number of hydrogen-bond acceptors (Lipinski definition) is 3. The Kier molecular flexibility index (Phi) is 5.15. The van der Waals surface area contributed by atoms with Gasteiger partial charge in [-0.1, -0.05) is 12.1 Å². The number of hydrogen-bond donors (Lipinski definition) is 1. The Labute approximate surface area is 127 Å². The Hall–Kier alpha value is -1.06. The molecule has 1 saturated heterocycles. The molecule has 3 rings (SSSR count). The van der Waals surface area contributed by atoms with Crippen LogP contribution in [-0.2, 0) is 6.54 Å². The highest BCUT2D eigenvalue weighted by Crippen LogP contribution is 2.26. The normalized spacial score (nSPS) is 23.8. The molecule has 1 heterocycles. The smallest absolute Gasteiger partial charge is 0.120 e. The van der Waals surface area contributed by atoms with E-state index in [-0.39, 0.29) is 0 Å². The molecule has 1 atom stereocenters. The molecule has 0 amide bonds. The van der Waals surface area contributed by atoms with Crippen molar-refractivity contribution in [2.24, 2.45) is 0 Å². The van der Waals surface area contributed by atoms with Crippen molar-refractivity contribution in [3.8, 4) is 5.75 Å². The molecule has 1 aromatic rings. The van der Waals surface area contributed by atoms with E-state index in [1.54, 1.807) is 0 Å². The van der Waals surface area contributed by atoms with E-state index >= 15 is 0 Å². The third-order valence-corrected chi connectivity index (χ3v) is 4.85. The predicted molar refractivity (Wildman–Crippen MR) is 84.5 cm³/mol. The second-order valence-electron chi connectivity index (χ2n) is 6.45. The lowest BCUT2D eigenvalue weighted by atomic mass is 10.1. The largest absolute Gasteiger partial charge is 0.490 e. The summed E-state index contributed by atoms with van der Waals surface area (Å²) in [6.07, 6.45) is 8.82. The van der Waals surface area contributed by atoms with Crippen molar-refractivity contribution in [2.75, 3.05) is 13.2 Å². The van der Waals surface area contributed by atoms with Gasteiger partial charge in [0.05, 0.1) is 6.10 Å². The highest BCUT2D eigenvalue weighted by atomic mass is 16.5. The van der Waals surface area contributed by atoms with Gasteiger partial charge in [-0.05, 0) is 69.2 Å². The minimum Gasteiger partial charge on any atom is -0.490 e. The molecule has 3 nitrogen and oxygen atoms in total.